The molecular weight excluding hydrogens is 254 g/mol. The molecule has 1 aliphatic heterocycles. The van der Waals surface area contributed by atoms with Crippen LogP contribution in [0.4, 0.5) is 5.69 Å². The zero-order chi connectivity index (χ0) is 14.4. The summed E-state index contributed by atoms with van der Waals surface area (Å²) in [6.45, 7) is 4.68. The monoisotopic (exact) mass is 277 g/mol. The lowest BCUT2D eigenvalue weighted by molar-refractivity contribution is -0.117. The molecule has 110 valence electrons. The van der Waals surface area contributed by atoms with E-state index in [1.807, 2.05) is 24.3 Å². The standard InChI is InChI=1S/C15H23N3O2/c1-11(8-14-10-20-7-6-17-14)18-13-4-2-12(3-5-13)9-15(16)19/h2-5,11,14,17-18H,6-10H2,1H3,(H2,16,19). The van der Waals surface area contributed by atoms with Crippen molar-refractivity contribution in [1.82, 2.24) is 5.32 Å². The van der Waals surface area contributed by atoms with Crippen molar-refractivity contribution >= 4 is 11.6 Å². The Morgan fingerprint density at radius 3 is 2.85 bits per heavy atom. The van der Waals surface area contributed by atoms with Crippen molar-refractivity contribution in [1.29, 1.82) is 0 Å². The first-order valence-electron chi connectivity index (χ1n) is 7.08. The van der Waals surface area contributed by atoms with Crippen molar-refractivity contribution in [2.45, 2.75) is 31.8 Å². The lowest BCUT2D eigenvalue weighted by Crippen LogP contribution is -2.43. The number of nitrogens with one attached hydrogen (secondary N) is 2. The summed E-state index contributed by atoms with van der Waals surface area (Å²) in [6.07, 6.45) is 1.31. The molecule has 0 spiro atoms. The Morgan fingerprint density at radius 1 is 1.50 bits per heavy atom. The summed E-state index contributed by atoms with van der Waals surface area (Å²) in [5, 5.41) is 6.91. The van der Waals surface area contributed by atoms with Gasteiger partial charge < -0.3 is 21.1 Å². The minimum absolute atomic E-state index is 0.291. The van der Waals surface area contributed by atoms with Crippen LogP contribution in [0, 0.1) is 0 Å². The van der Waals surface area contributed by atoms with Gasteiger partial charge in [-0.2, -0.15) is 0 Å². The Bertz CT molecular complexity index is 427. The van der Waals surface area contributed by atoms with E-state index in [0.29, 0.717) is 18.5 Å². The van der Waals surface area contributed by atoms with E-state index in [1.54, 1.807) is 0 Å². The van der Waals surface area contributed by atoms with Crippen molar-refractivity contribution in [2.75, 3.05) is 25.1 Å². The molecule has 1 fully saturated rings. The number of primary amides is 1. The number of hydrogen-bond acceptors (Lipinski definition) is 4. The molecule has 0 aliphatic carbocycles. The molecule has 1 aliphatic rings. The van der Waals surface area contributed by atoms with Crippen LogP contribution in [0.2, 0.25) is 0 Å². The first-order chi connectivity index (χ1) is 9.63. The summed E-state index contributed by atoms with van der Waals surface area (Å²) in [7, 11) is 0. The molecule has 0 saturated carbocycles. The maximum atomic E-state index is 10.8. The number of benzene rings is 1. The van der Waals surface area contributed by atoms with Crippen LogP contribution in [0.15, 0.2) is 24.3 Å². The third-order valence-electron chi connectivity index (χ3n) is 3.38. The third kappa shape index (κ3) is 4.83. The zero-order valence-corrected chi connectivity index (χ0v) is 11.9. The smallest absolute Gasteiger partial charge is 0.221 e. The van der Waals surface area contributed by atoms with Gasteiger partial charge in [-0.1, -0.05) is 12.1 Å². The molecule has 0 aromatic heterocycles. The average Bonchev–Trinajstić information content (AvgIpc) is 2.41. The largest absolute Gasteiger partial charge is 0.383 e. The Kier molecular flexibility index (Phi) is 5.38. The lowest BCUT2D eigenvalue weighted by Gasteiger charge is -2.27. The van der Waals surface area contributed by atoms with Crippen LogP contribution in [0.25, 0.3) is 0 Å². The van der Waals surface area contributed by atoms with Crippen molar-refractivity contribution in [2.24, 2.45) is 5.73 Å². The van der Waals surface area contributed by atoms with Gasteiger partial charge in [-0.05, 0) is 31.0 Å². The number of rotatable bonds is 6. The van der Waals surface area contributed by atoms with Crippen molar-refractivity contribution in [3.05, 3.63) is 29.8 Å². The highest BCUT2D eigenvalue weighted by molar-refractivity contribution is 5.76. The topological polar surface area (TPSA) is 76.4 Å². The molecule has 1 aromatic rings. The molecule has 4 N–H and O–H groups in total. The molecular formula is C15H23N3O2. The fourth-order valence-electron chi connectivity index (χ4n) is 2.46. The van der Waals surface area contributed by atoms with Crippen molar-refractivity contribution in [3.63, 3.8) is 0 Å². The normalized spacial score (nSPS) is 20.4. The second-order valence-electron chi connectivity index (χ2n) is 5.35. The highest BCUT2D eigenvalue weighted by atomic mass is 16.5. The molecule has 1 saturated heterocycles. The number of morpholine rings is 1. The van der Waals surface area contributed by atoms with Gasteiger partial charge in [0.15, 0.2) is 0 Å². The first-order valence-corrected chi connectivity index (χ1v) is 7.08. The molecule has 2 unspecified atom stereocenters. The zero-order valence-electron chi connectivity index (χ0n) is 11.9. The van der Waals surface area contributed by atoms with Gasteiger partial charge in [0.05, 0.1) is 19.6 Å². The summed E-state index contributed by atoms with van der Waals surface area (Å²) in [5.41, 5.74) is 7.17. The SMILES string of the molecule is CC(CC1COCCN1)Nc1ccc(CC(N)=O)cc1. The highest BCUT2D eigenvalue weighted by Crippen LogP contribution is 2.13. The molecule has 1 amide bonds. The van der Waals surface area contributed by atoms with Gasteiger partial charge in [0.2, 0.25) is 5.91 Å². The van der Waals surface area contributed by atoms with E-state index >= 15 is 0 Å². The fourth-order valence-corrected chi connectivity index (χ4v) is 2.46. The molecule has 2 rings (SSSR count). The van der Waals surface area contributed by atoms with Gasteiger partial charge in [0.25, 0.3) is 0 Å². The molecule has 5 nitrogen and oxygen atoms in total. The van der Waals surface area contributed by atoms with E-state index in [2.05, 4.69) is 17.6 Å². The van der Waals surface area contributed by atoms with Gasteiger partial charge in [0, 0.05) is 24.3 Å². The number of nitrogens with two attached hydrogens (primary N) is 1. The quantitative estimate of drug-likeness (QED) is 0.722. The van der Waals surface area contributed by atoms with Gasteiger partial charge in [-0.3, -0.25) is 4.79 Å². The second kappa shape index (κ2) is 7.26. The molecule has 1 aromatic carbocycles. The Balaban J connectivity index is 1.81. The highest BCUT2D eigenvalue weighted by Gasteiger charge is 2.16. The van der Waals surface area contributed by atoms with Crippen LogP contribution >= 0.6 is 0 Å². The van der Waals surface area contributed by atoms with Crippen LogP contribution in [0.3, 0.4) is 0 Å². The van der Waals surface area contributed by atoms with Gasteiger partial charge in [-0.15, -0.1) is 0 Å². The van der Waals surface area contributed by atoms with E-state index in [0.717, 1.165) is 37.4 Å². The average molecular weight is 277 g/mol. The summed E-state index contributed by atoms with van der Waals surface area (Å²) in [6, 6.07) is 8.61. The van der Waals surface area contributed by atoms with Gasteiger partial charge >= 0.3 is 0 Å². The maximum Gasteiger partial charge on any atom is 0.221 e. The Morgan fingerprint density at radius 2 is 2.25 bits per heavy atom. The Labute approximate surface area is 119 Å². The molecule has 5 heteroatoms. The summed E-state index contributed by atoms with van der Waals surface area (Å²) < 4.78 is 5.45. The first kappa shape index (κ1) is 14.8. The maximum absolute atomic E-state index is 10.8. The van der Waals surface area contributed by atoms with Crippen LogP contribution in [0.5, 0.6) is 0 Å². The van der Waals surface area contributed by atoms with Crippen molar-refractivity contribution < 1.29 is 9.53 Å². The molecule has 0 radical (unpaired) electrons. The van der Waals surface area contributed by atoms with E-state index in [1.165, 1.54) is 0 Å². The van der Waals surface area contributed by atoms with Crippen molar-refractivity contribution in [3.8, 4) is 0 Å². The number of hydrogen-bond donors (Lipinski definition) is 3. The fraction of sp³-hybridized carbons (Fsp3) is 0.533. The molecule has 2 atom stereocenters. The number of amides is 1. The van der Waals surface area contributed by atoms with Gasteiger partial charge in [0.1, 0.15) is 0 Å². The summed E-state index contributed by atoms with van der Waals surface area (Å²) in [4.78, 5) is 10.8. The van der Waals surface area contributed by atoms with Crippen LogP contribution < -0.4 is 16.4 Å². The predicted octanol–water partition coefficient (Wildman–Crippen LogP) is 0.893. The van der Waals surface area contributed by atoms with E-state index in [-0.39, 0.29) is 5.91 Å². The number of ether oxygens (including phenoxy) is 1. The number of anilines is 1. The van der Waals surface area contributed by atoms with Gasteiger partial charge in [-0.25, -0.2) is 0 Å². The van der Waals surface area contributed by atoms with E-state index in [4.69, 9.17) is 10.5 Å². The minimum atomic E-state index is -0.303. The molecule has 20 heavy (non-hydrogen) atoms. The predicted molar refractivity (Wildman–Crippen MR) is 79.7 cm³/mol. The molecule has 1 heterocycles. The van der Waals surface area contributed by atoms with E-state index in [9.17, 15) is 4.79 Å². The van der Waals surface area contributed by atoms with Crippen LogP contribution in [-0.2, 0) is 16.0 Å². The minimum Gasteiger partial charge on any atom is -0.383 e. The number of carbonyl (C=O) groups excluding carboxylic acids is 1. The second-order valence-corrected chi connectivity index (χ2v) is 5.35. The lowest BCUT2D eigenvalue weighted by atomic mass is 10.1. The molecule has 0 bridgehead atoms. The number of carbonyl (C=O) groups is 1. The summed E-state index contributed by atoms with van der Waals surface area (Å²) >= 11 is 0. The van der Waals surface area contributed by atoms with Crippen LogP contribution in [-0.4, -0.2) is 37.7 Å². The van der Waals surface area contributed by atoms with Crippen LogP contribution in [0.1, 0.15) is 18.9 Å². The Hall–Kier alpha value is -1.59. The third-order valence-corrected chi connectivity index (χ3v) is 3.38. The van der Waals surface area contributed by atoms with E-state index < -0.39 is 0 Å². The summed E-state index contributed by atoms with van der Waals surface area (Å²) in [5.74, 6) is -0.303.